The fourth-order valence-corrected chi connectivity index (χ4v) is 3.70. The number of pyridine rings is 1. The number of aromatic nitrogens is 6. The van der Waals surface area contributed by atoms with Crippen molar-refractivity contribution in [1.29, 1.82) is 0 Å². The average molecular weight is 455 g/mol. The Hall–Kier alpha value is -3.34. The number of hydrogen-bond donors (Lipinski definition) is 3. The van der Waals surface area contributed by atoms with Crippen LogP contribution in [-0.2, 0) is 7.05 Å². The van der Waals surface area contributed by atoms with Crippen LogP contribution in [0.4, 0.5) is 33.5 Å². The maximum atomic E-state index is 14.5. The molecule has 4 rings (SSSR count). The molecule has 0 spiro atoms. The van der Waals surface area contributed by atoms with Crippen molar-refractivity contribution in [2.45, 2.75) is 39.0 Å². The van der Waals surface area contributed by atoms with Crippen LogP contribution in [0.2, 0.25) is 0 Å². The highest BCUT2D eigenvalue weighted by Crippen LogP contribution is 2.42. The van der Waals surface area contributed by atoms with E-state index in [0.717, 1.165) is 44.6 Å². The van der Waals surface area contributed by atoms with Crippen molar-refractivity contribution in [3.8, 4) is 0 Å². The molecule has 0 radical (unpaired) electrons. The summed E-state index contributed by atoms with van der Waals surface area (Å²) in [6.07, 6.45) is 6.44. The van der Waals surface area contributed by atoms with Gasteiger partial charge in [0.05, 0.1) is 23.8 Å². The van der Waals surface area contributed by atoms with Gasteiger partial charge in [-0.2, -0.15) is 14.9 Å². The molecule has 3 aromatic heterocycles. The van der Waals surface area contributed by atoms with Crippen molar-refractivity contribution in [3.05, 3.63) is 35.5 Å². The van der Waals surface area contributed by atoms with E-state index >= 15 is 0 Å². The largest absolute Gasteiger partial charge is 0.366 e. The number of hydrogen-bond acceptors (Lipinski definition) is 9. The van der Waals surface area contributed by atoms with Crippen LogP contribution in [0.5, 0.6) is 0 Å². The van der Waals surface area contributed by atoms with E-state index in [0.29, 0.717) is 34.7 Å². The van der Waals surface area contributed by atoms with Crippen molar-refractivity contribution in [2.24, 2.45) is 7.05 Å². The van der Waals surface area contributed by atoms with Gasteiger partial charge in [-0.05, 0) is 50.8 Å². The minimum absolute atomic E-state index is 0.218. The molecule has 0 aromatic carbocycles. The minimum Gasteiger partial charge on any atom is -0.366 e. The van der Waals surface area contributed by atoms with Crippen molar-refractivity contribution >= 4 is 29.1 Å². The molecule has 33 heavy (non-hydrogen) atoms. The van der Waals surface area contributed by atoms with E-state index in [2.05, 4.69) is 47.9 Å². The Bertz CT molecular complexity index is 1090. The van der Waals surface area contributed by atoms with E-state index in [1.165, 1.54) is 4.80 Å². The summed E-state index contributed by atoms with van der Waals surface area (Å²) >= 11 is 0. The SMILES string of the molecule is CCCN(CCNC)c1cnc(Nc2cc(C3CC3)c(F)c(C)n2)nc1Nc1cnn(C)n1. The van der Waals surface area contributed by atoms with Crippen LogP contribution in [0, 0.1) is 12.7 Å². The van der Waals surface area contributed by atoms with Gasteiger partial charge in [-0.3, -0.25) is 0 Å². The summed E-state index contributed by atoms with van der Waals surface area (Å²) in [5, 5.41) is 18.1. The van der Waals surface area contributed by atoms with Crippen LogP contribution < -0.4 is 20.9 Å². The lowest BCUT2D eigenvalue weighted by Crippen LogP contribution is -2.32. The van der Waals surface area contributed by atoms with Gasteiger partial charge in [0.25, 0.3) is 0 Å². The molecule has 0 atom stereocenters. The van der Waals surface area contributed by atoms with Gasteiger partial charge < -0.3 is 20.9 Å². The molecule has 1 saturated carbocycles. The Morgan fingerprint density at radius 3 is 2.64 bits per heavy atom. The first-order valence-corrected chi connectivity index (χ1v) is 11.3. The highest BCUT2D eigenvalue weighted by atomic mass is 19.1. The maximum Gasteiger partial charge on any atom is 0.230 e. The summed E-state index contributed by atoms with van der Waals surface area (Å²) in [5.41, 5.74) is 1.95. The number of likely N-dealkylation sites (N-methyl/N-ethyl adjacent to an activating group) is 1. The lowest BCUT2D eigenvalue weighted by molar-refractivity contribution is 0.593. The first-order chi connectivity index (χ1) is 16.0. The standard InChI is InChI=1S/C22H31FN10/c1-5-9-33(10-8-24-3)17-12-25-22(30-21(17)28-19-13-26-32(4)31-19)29-18-11-16(15-6-7-15)20(23)14(2)27-18/h11-13,15,24H,5-10H2,1-4H3,(H2,25,27,28,29,30,31). The number of nitrogens with one attached hydrogen (secondary N) is 3. The first kappa shape index (κ1) is 22.8. The Morgan fingerprint density at radius 2 is 1.97 bits per heavy atom. The van der Waals surface area contributed by atoms with E-state index in [9.17, 15) is 4.39 Å². The molecule has 1 aliphatic rings. The van der Waals surface area contributed by atoms with Crippen LogP contribution in [0.15, 0.2) is 18.5 Å². The van der Waals surface area contributed by atoms with Crippen molar-refractivity contribution in [3.63, 3.8) is 0 Å². The quantitative estimate of drug-likeness (QED) is 0.402. The lowest BCUT2D eigenvalue weighted by atomic mass is 10.1. The van der Waals surface area contributed by atoms with Crippen LogP contribution in [0.1, 0.15) is 43.4 Å². The number of halogens is 1. The summed E-state index contributed by atoms with van der Waals surface area (Å²) in [7, 11) is 3.69. The Balaban J connectivity index is 1.66. The van der Waals surface area contributed by atoms with Crippen LogP contribution in [-0.4, -0.2) is 56.6 Å². The minimum atomic E-state index is -0.218. The molecule has 11 heteroatoms. The van der Waals surface area contributed by atoms with Gasteiger partial charge in [-0.25, -0.2) is 14.4 Å². The normalized spacial score (nSPS) is 13.2. The molecule has 10 nitrogen and oxygen atoms in total. The smallest absolute Gasteiger partial charge is 0.230 e. The van der Waals surface area contributed by atoms with Gasteiger partial charge in [0, 0.05) is 26.7 Å². The maximum absolute atomic E-state index is 14.5. The second kappa shape index (κ2) is 10.1. The highest BCUT2D eigenvalue weighted by Gasteiger charge is 2.28. The number of rotatable bonds is 11. The molecular formula is C22H31FN10. The third-order valence-electron chi connectivity index (χ3n) is 5.49. The fraction of sp³-hybridized carbons (Fsp3) is 0.500. The lowest BCUT2D eigenvalue weighted by Gasteiger charge is -2.26. The predicted molar refractivity (Wildman–Crippen MR) is 127 cm³/mol. The monoisotopic (exact) mass is 454 g/mol. The number of nitrogens with zero attached hydrogens (tertiary/aromatic N) is 7. The van der Waals surface area contributed by atoms with Gasteiger partial charge in [0.2, 0.25) is 5.95 Å². The Kier molecular flexibility index (Phi) is 6.97. The van der Waals surface area contributed by atoms with Gasteiger partial charge in [0.1, 0.15) is 11.6 Å². The molecule has 0 unspecified atom stereocenters. The van der Waals surface area contributed by atoms with E-state index in [-0.39, 0.29) is 11.7 Å². The van der Waals surface area contributed by atoms with E-state index in [1.807, 2.05) is 7.05 Å². The molecule has 3 N–H and O–H groups in total. The highest BCUT2D eigenvalue weighted by molar-refractivity contribution is 5.71. The number of aryl methyl sites for hydroxylation is 2. The molecule has 0 aliphatic heterocycles. The summed E-state index contributed by atoms with van der Waals surface area (Å²) in [6.45, 7) is 6.31. The molecule has 3 heterocycles. The topological polar surface area (TPSA) is 109 Å². The molecule has 0 saturated heterocycles. The first-order valence-electron chi connectivity index (χ1n) is 11.3. The van der Waals surface area contributed by atoms with Gasteiger partial charge in [0.15, 0.2) is 11.6 Å². The summed E-state index contributed by atoms with van der Waals surface area (Å²) < 4.78 is 14.5. The van der Waals surface area contributed by atoms with Crippen molar-refractivity contribution in [1.82, 2.24) is 35.3 Å². The van der Waals surface area contributed by atoms with Gasteiger partial charge >= 0.3 is 0 Å². The Morgan fingerprint density at radius 1 is 1.15 bits per heavy atom. The molecule has 1 aliphatic carbocycles. The molecule has 0 amide bonds. The fourth-order valence-electron chi connectivity index (χ4n) is 3.70. The molecular weight excluding hydrogens is 423 g/mol. The number of anilines is 5. The second-order valence-electron chi connectivity index (χ2n) is 8.26. The predicted octanol–water partition coefficient (Wildman–Crippen LogP) is 3.25. The third kappa shape index (κ3) is 5.54. The summed E-state index contributed by atoms with van der Waals surface area (Å²) in [5.74, 6) is 2.16. The summed E-state index contributed by atoms with van der Waals surface area (Å²) in [4.78, 5) is 17.3. The second-order valence-corrected chi connectivity index (χ2v) is 8.26. The van der Waals surface area contributed by atoms with Crippen molar-refractivity contribution in [2.75, 3.05) is 42.2 Å². The van der Waals surface area contributed by atoms with E-state index in [4.69, 9.17) is 4.98 Å². The van der Waals surface area contributed by atoms with Crippen molar-refractivity contribution < 1.29 is 4.39 Å². The van der Waals surface area contributed by atoms with Crippen LogP contribution in [0.3, 0.4) is 0 Å². The van der Waals surface area contributed by atoms with Gasteiger partial charge in [-0.15, -0.1) is 5.10 Å². The van der Waals surface area contributed by atoms with Crippen LogP contribution in [0.25, 0.3) is 0 Å². The van der Waals surface area contributed by atoms with E-state index < -0.39 is 0 Å². The zero-order chi connectivity index (χ0) is 23.4. The average Bonchev–Trinajstić information content (AvgIpc) is 3.56. The zero-order valence-corrected chi connectivity index (χ0v) is 19.6. The molecule has 0 bridgehead atoms. The Labute approximate surface area is 193 Å². The van der Waals surface area contributed by atoms with Gasteiger partial charge in [-0.1, -0.05) is 6.92 Å². The molecule has 3 aromatic rings. The molecule has 1 fully saturated rings. The van der Waals surface area contributed by atoms with Crippen LogP contribution >= 0.6 is 0 Å². The molecule has 176 valence electrons. The summed E-state index contributed by atoms with van der Waals surface area (Å²) in [6, 6.07) is 1.77. The zero-order valence-electron chi connectivity index (χ0n) is 19.6. The third-order valence-corrected chi connectivity index (χ3v) is 5.49. The van der Waals surface area contributed by atoms with E-state index in [1.54, 1.807) is 32.4 Å².